The van der Waals surface area contributed by atoms with E-state index < -0.39 is 14.2 Å². The molecule has 0 aliphatic heterocycles. The minimum absolute atomic E-state index is 0.311. The maximum absolute atomic E-state index is 10.1. The summed E-state index contributed by atoms with van der Waals surface area (Å²) in [6, 6.07) is 21.3. The Morgan fingerprint density at radius 1 is 0.917 bits per heavy atom. The molecular weight excluding hydrogens is 308 g/mol. The molecule has 0 aromatic heterocycles. The topological polar surface area (TPSA) is 20.2 Å². The van der Waals surface area contributed by atoms with E-state index in [0.717, 1.165) is 19.3 Å². The maximum Gasteiger partial charge on any atom is 0.144 e. The molecule has 0 spiro atoms. The molecule has 1 atom stereocenters. The molecule has 0 saturated heterocycles. The van der Waals surface area contributed by atoms with Crippen molar-refractivity contribution in [2.24, 2.45) is 0 Å². The highest BCUT2D eigenvalue weighted by Gasteiger charge is 2.33. The molecule has 2 aromatic rings. The summed E-state index contributed by atoms with van der Waals surface area (Å²) in [5.41, 5.74) is 6.45. The monoisotopic (exact) mass is 336 g/mol. The Morgan fingerprint density at radius 2 is 1.42 bits per heavy atom. The molecule has 2 aromatic carbocycles. The van der Waals surface area contributed by atoms with E-state index in [9.17, 15) is 5.11 Å². The molecule has 0 saturated carbocycles. The molecule has 0 unspecified atom stereocenters. The van der Waals surface area contributed by atoms with Crippen LogP contribution in [0.3, 0.4) is 0 Å². The Hall–Kier alpha value is -1.82. The second kappa shape index (κ2) is 8.87. The smallest absolute Gasteiger partial charge is 0.144 e. The fraction of sp³-hybridized carbons (Fsp3) is 0.364. The van der Waals surface area contributed by atoms with Crippen molar-refractivity contribution in [2.75, 3.05) is 0 Å². The highest BCUT2D eigenvalue weighted by atomic mass is 28.3. The van der Waals surface area contributed by atoms with Crippen molar-refractivity contribution < 1.29 is 5.11 Å². The molecular formula is C22H28OSi. The lowest BCUT2D eigenvalue weighted by atomic mass is 10.0. The summed E-state index contributed by atoms with van der Waals surface area (Å²) in [4.78, 5) is 0. The van der Waals surface area contributed by atoms with E-state index in [1.54, 1.807) is 0 Å². The molecule has 2 rings (SSSR count). The van der Waals surface area contributed by atoms with Crippen molar-refractivity contribution in [2.45, 2.75) is 50.9 Å². The van der Waals surface area contributed by atoms with Crippen molar-refractivity contribution in [1.82, 2.24) is 0 Å². The predicted molar refractivity (Wildman–Crippen MR) is 106 cm³/mol. The van der Waals surface area contributed by atoms with Crippen molar-refractivity contribution in [1.29, 1.82) is 0 Å². The predicted octanol–water partition coefficient (Wildman–Crippen LogP) is 5.16. The number of hydrogen-bond acceptors (Lipinski definition) is 1. The Morgan fingerprint density at radius 3 is 1.88 bits per heavy atom. The Kier molecular flexibility index (Phi) is 6.84. The lowest BCUT2D eigenvalue weighted by Gasteiger charge is -2.29. The van der Waals surface area contributed by atoms with Crippen LogP contribution in [0.25, 0.3) is 0 Å². The molecule has 1 N–H and O–H groups in total. The van der Waals surface area contributed by atoms with Gasteiger partial charge in [0.25, 0.3) is 0 Å². The molecule has 0 fully saturated rings. The Balaban J connectivity index is 2.34. The largest absolute Gasteiger partial charge is 0.380 e. The molecule has 0 aliphatic rings. The molecule has 0 heterocycles. The van der Waals surface area contributed by atoms with Gasteiger partial charge in [-0.3, -0.25) is 0 Å². The highest BCUT2D eigenvalue weighted by molar-refractivity contribution is 6.86. The first-order valence-corrected chi connectivity index (χ1v) is 11.9. The zero-order valence-corrected chi connectivity index (χ0v) is 16.0. The van der Waals surface area contributed by atoms with Gasteiger partial charge in [-0.2, -0.15) is 0 Å². The summed E-state index contributed by atoms with van der Waals surface area (Å²) in [5.74, 6) is 3.14. The number of aliphatic hydroxyl groups excluding tert-OH is 1. The van der Waals surface area contributed by atoms with Gasteiger partial charge in [0, 0.05) is 5.54 Å². The fourth-order valence-corrected chi connectivity index (χ4v) is 5.86. The fourth-order valence-electron chi connectivity index (χ4n) is 3.13. The zero-order valence-electron chi connectivity index (χ0n) is 15.0. The molecule has 1 nitrogen and oxygen atoms in total. The molecule has 2 heteroatoms. The van der Waals surface area contributed by atoms with Gasteiger partial charge in [-0.05, 0) is 17.5 Å². The summed E-state index contributed by atoms with van der Waals surface area (Å²) in [6.07, 6.45) is 2.40. The van der Waals surface area contributed by atoms with Crippen LogP contribution in [0.5, 0.6) is 0 Å². The van der Waals surface area contributed by atoms with Gasteiger partial charge in [-0.15, -0.1) is 5.54 Å². The first-order chi connectivity index (χ1) is 11.5. The number of benzene rings is 2. The first kappa shape index (κ1) is 18.5. The number of unbranched alkanes of at least 4 members (excludes halogenated alkanes) is 1. The van der Waals surface area contributed by atoms with Crippen molar-refractivity contribution in [3.8, 4) is 11.5 Å². The van der Waals surface area contributed by atoms with Gasteiger partial charge in [0.05, 0.1) is 0 Å². The van der Waals surface area contributed by atoms with Crippen LogP contribution >= 0.6 is 0 Å². The van der Waals surface area contributed by atoms with Crippen LogP contribution in [0.15, 0.2) is 60.7 Å². The average molecular weight is 337 g/mol. The summed E-state index contributed by atoms with van der Waals surface area (Å²) in [5, 5.41) is 10.1. The first-order valence-electron chi connectivity index (χ1n) is 8.85. The zero-order chi connectivity index (χ0) is 17.4. The quantitative estimate of drug-likeness (QED) is 0.570. The van der Waals surface area contributed by atoms with E-state index in [-0.39, 0.29) is 0 Å². The minimum Gasteiger partial charge on any atom is -0.380 e. The maximum atomic E-state index is 10.1. The third-order valence-electron chi connectivity index (χ3n) is 4.38. The van der Waals surface area contributed by atoms with Crippen molar-refractivity contribution >= 4 is 8.07 Å². The lowest BCUT2D eigenvalue weighted by molar-refractivity contribution is 0.218. The van der Waals surface area contributed by atoms with Gasteiger partial charge in [-0.1, -0.05) is 99.4 Å². The minimum atomic E-state index is -1.94. The molecule has 126 valence electrons. The lowest BCUT2D eigenvalue weighted by Crippen LogP contribution is -2.35. The normalized spacial score (nSPS) is 12.5. The molecule has 0 radical (unpaired) electrons. The molecule has 0 aliphatic carbocycles. The molecule has 0 amide bonds. The second-order valence-corrected chi connectivity index (χ2v) is 11.2. The Labute approximate surface area is 147 Å². The Bertz CT molecular complexity index is 628. The van der Waals surface area contributed by atoms with Crippen LogP contribution in [-0.4, -0.2) is 19.3 Å². The second-order valence-electron chi connectivity index (χ2n) is 6.90. The van der Waals surface area contributed by atoms with Gasteiger partial charge in [-0.25, -0.2) is 0 Å². The number of hydrogen-bond donors (Lipinski definition) is 1. The SMILES string of the molecule is CCCC[C@H](O)C#C[Si](C)(C)C(c1ccccc1)c1ccccc1. The van der Waals surface area contributed by atoms with Gasteiger partial charge >= 0.3 is 0 Å². The third kappa shape index (κ3) is 5.09. The van der Waals surface area contributed by atoms with Gasteiger partial charge in [0.1, 0.15) is 14.2 Å². The van der Waals surface area contributed by atoms with Crippen molar-refractivity contribution in [3.63, 3.8) is 0 Å². The van der Waals surface area contributed by atoms with Gasteiger partial charge in [0.15, 0.2) is 0 Å². The van der Waals surface area contributed by atoms with Crippen molar-refractivity contribution in [3.05, 3.63) is 71.8 Å². The molecule has 24 heavy (non-hydrogen) atoms. The number of aliphatic hydroxyl groups is 1. The van der Waals surface area contributed by atoms with Crippen LogP contribution in [0.2, 0.25) is 13.1 Å². The number of rotatable bonds is 6. The van der Waals surface area contributed by atoms with E-state index >= 15 is 0 Å². The summed E-state index contributed by atoms with van der Waals surface area (Å²) in [7, 11) is -1.94. The summed E-state index contributed by atoms with van der Waals surface area (Å²) < 4.78 is 0. The van der Waals surface area contributed by atoms with Crippen LogP contribution in [-0.2, 0) is 0 Å². The van der Waals surface area contributed by atoms with E-state index in [1.807, 2.05) is 0 Å². The summed E-state index contributed by atoms with van der Waals surface area (Å²) in [6.45, 7) is 6.74. The van der Waals surface area contributed by atoms with E-state index in [1.165, 1.54) is 11.1 Å². The summed E-state index contributed by atoms with van der Waals surface area (Å²) >= 11 is 0. The van der Waals surface area contributed by atoms with Crippen LogP contribution in [0.4, 0.5) is 0 Å². The van der Waals surface area contributed by atoms with Crippen LogP contribution in [0.1, 0.15) is 42.9 Å². The van der Waals surface area contributed by atoms with Crippen LogP contribution < -0.4 is 0 Å². The van der Waals surface area contributed by atoms with Gasteiger partial charge in [0.2, 0.25) is 0 Å². The van der Waals surface area contributed by atoms with Gasteiger partial charge < -0.3 is 5.11 Å². The average Bonchev–Trinajstić information content (AvgIpc) is 2.60. The third-order valence-corrected chi connectivity index (χ3v) is 7.28. The van der Waals surface area contributed by atoms with E-state index in [2.05, 4.69) is 92.1 Å². The molecule has 0 bridgehead atoms. The highest BCUT2D eigenvalue weighted by Crippen LogP contribution is 2.33. The van der Waals surface area contributed by atoms with E-state index in [0.29, 0.717) is 5.54 Å². The van der Waals surface area contributed by atoms with E-state index in [4.69, 9.17) is 0 Å². The standard InChI is InChI=1S/C22H28OSi/c1-4-5-16-21(23)17-18-24(2,3)22(19-12-8-6-9-13-19)20-14-10-7-11-15-20/h6-15,21-23H,4-5,16H2,1-3H3/t21-/m0/s1. The van der Waals surface area contributed by atoms with Crippen LogP contribution in [0, 0.1) is 11.5 Å².